The molecule has 3 heterocycles. The second-order valence-corrected chi connectivity index (χ2v) is 4.91. The van der Waals surface area contributed by atoms with Crippen LogP contribution in [0.25, 0.3) is 28.0 Å². The van der Waals surface area contributed by atoms with Crippen LogP contribution in [0.3, 0.4) is 0 Å². The molecule has 0 aliphatic rings. The van der Waals surface area contributed by atoms with Crippen molar-refractivity contribution < 1.29 is 14.3 Å². The molecule has 108 valence electrons. The quantitative estimate of drug-likeness (QED) is 0.610. The zero-order valence-electron chi connectivity index (χ0n) is 11.5. The highest BCUT2D eigenvalue weighted by Gasteiger charge is 2.16. The Bertz CT molecular complexity index is 1030. The fraction of sp³-hybridized carbons (Fsp3) is 0.0667. The lowest BCUT2D eigenvalue weighted by molar-refractivity contribution is 0.0693. The number of carboxylic acid groups (broad SMARTS) is 1. The summed E-state index contributed by atoms with van der Waals surface area (Å²) >= 11 is 0. The molecule has 0 saturated carbocycles. The van der Waals surface area contributed by atoms with Crippen LogP contribution in [0.4, 0.5) is 0 Å². The Morgan fingerprint density at radius 3 is 2.95 bits per heavy atom. The maximum Gasteiger partial charge on any atom is 0.358 e. The van der Waals surface area contributed by atoms with E-state index in [-0.39, 0.29) is 5.69 Å². The van der Waals surface area contributed by atoms with Gasteiger partial charge >= 0.3 is 5.97 Å². The van der Waals surface area contributed by atoms with Gasteiger partial charge in [0.25, 0.3) is 0 Å². The molecule has 7 nitrogen and oxygen atoms in total. The van der Waals surface area contributed by atoms with Crippen molar-refractivity contribution >= 4 is 22.7 Å². The first-order valence-corrected chi connectivity index (χ1v) is 6.55. The molecule has 0 radical (unpaired) electrons. The molecule has 0 aliphatic carbocycles. The standard InChI is InChI=1S/C15H10N4O3/c1-8-4-10(9-2-3-12-11(5-9)17-7-22-12)18-14-13(15(20)21)16-6-19(8)14/h2-7H,1H3,(H,20,21). The Hall–Kier alpha value is -3.22. The van der Waals surface area contributed by atoms with Crippen LogP contribution < -0.4 is 0 Å². The maximum atomic E-state index is 11.2. The van der Waals surface area contributed by atoms with Gasteiger partial charge in [0.1, 0.15) is 11.8 Å². The molecule has 4 aromatic rings. The molecule has 0 spiro atoms. The van der Waals surface area contributed by atoms with Crippen molar-refractivity contribution in [1.82, 2.24) is 19.4 Å². The highest BCUT2D eigenvalue weighted by atomic mass is 16.4. The van der Waals surface area contributed by atoms with E-state index in [0.717, 1.165) is 16.8 Å². The summed E-state index contributed by atoms with van der Waals surface area (Å²) < 4.78 is 6.87. The van der Waals surface area contributed by atoms with E-state index in [0.29, 0.717) is 16.9 Å². The molecule has 7 heteroatoms. The molecule has 4 rings (SSSR count). The van der Waals surface area contributed by atoms with Crippen molar-refractivity contribution in [3.05, 3.63) is 48.4 Å². The number of rotatable bonds is 2. The average molecular weight is 294 g/mol. The van der Waals surface area contributed by atoms with Crippen LogP contribution in [-0.4, -0.2) is 30.4 Å². The molecule has 3 aromatic heterocycles. The average Bonchev–Trinajstić information content (AvgIpc) is 3.12. The molecule has 0 amide bonds. The highest BCUT2D eigenvalue weighted by Crippen LogP contribution is 2.24. The van der Waals surface area contributed by atoms with Gasteiger partial charge in [0.15, 0.2) is 23.3 Å². The number of carboxylic acids is 1. The first kappa shape index (κ1) is 12.5. The molecule has 0 fully saturated rings. The summed E-state index contributed by atoms with van der Waals surface area (Å²) in [5, 5.41) is 9.20. The molecule has 1 aromatic carbocycles. The lowest BCUT2D eigenvalue weighted by Crippen LogP contribution is -2.01. The van der Waals surface area contributed by atoms with Crippen LogP contribution in [0.15, 0.2) is 41.4 Å². The molecular weight excluding hydrogens is 284 g/mol. The number of aromatic nitrogens is 4. The molecule has 0 bridgehead atoms. The van der Waals surface area contributed by atoms with Crippen LogP contribution in [0.2, 0.25) is 0 Å². The van der Waals surface area contributed by atoms with Gasteiger partial charge in [0, 0.05) is 11.3 Å². The third-order valence-electron chi connectivity index (χ3n) is 3.52. The van der Waals surface area contributed by atoms with Crippen molar-refractivity contribution in [2.45, 2.75) is 6.92 Å². The van der Waals surface area contributed by atoms with Gasteiger partial charge < -0.3 is 9.52 Å². The monoisotopic (exact) mass is 294 g/mol. The molecular formula is C15H10N4O3. The fourth-order valence-electron chi connectivity index (χ4n) is 2.44. The van der Waals surface area contributed by atoms with E-state index in [1.807, 2.05) is 31.2 Å². The van der Waals surface area contributed by atoms with E-state index in [1.165, 1.54) is 12.7 Å². The molecule has 0 unspecified atom stereocenters. The van der Waals surface area contributed by atoms with Crippen LogP contribution >= 0.6 is 0 Å². The first-order valence-electron chi connectivity index (χ1n) is 6.55. The van der Waals surface area contributed by atoms with Gasteiger partial charge in [-0.05, 0) is 31.2 Å². The Balaban J connectivity index is 1.97. The second kappa shape index (κ2) is 4.39. The third-order valence-corrected chi connectivity index (χ3v) is 3.52. The first-order chi connectivity index (χ1) is 10.6. The summed E-state index contributed by atoms with van der Waals surface area (Å²) in [6.45, 7) is 1.88. The lowest BCUT2D eigenvalue weighted by Gasteiger charge is -2.05. The zero-order valence-corrected chi connectivity index (χ0v) is 11.5. The number of hydrogen-bond acceptors (Lipinski definition) is 5. The summed E-state index contributed by atoms with van der Waals surface area (Å²) in [7, 11) is 0. The summed E-state index contributed by atoms with van der Waals surface area (Å²) in [6, 6.07) is 7.41. The number of oxazole rings is 1. The summed E-state index contributed by atoms with van der Waals surface area (Å²) in [6.07, 6.45) is 2.85. The molecule has 1 N–H and O–H groups in total. The van der Waals surface area contributed by atoms with E-state index in [9.17, 15) is 9.90 Å². The van der Waals surface area contributed by atoms with Crippen LogP contribution in [0.5, 0.6) is 0 Å². The summed E-state index contributed by atoms with van der Waals surface area (Å²) in [5.74, 6) is -1.10. The number of benzene rings is 1. The topological polar surface area (TPSA) is 93.5 Å². The Kier molecular flexibility index (Phi) is 2.50. The Labute approximate surface area is 123 Å². The predicted molar refractivity (Wildman–Crippen MR) is 77.7 cm³/mol. The number of aromatic carboxylic acids is 1. The smallest absolute Gasteiger partial charge is 0.358 e. The van der Waals surface area contributed by atoms with Gasteiger partial charge in [-0.1, -0.05) is 0 Å². The van der Waals surface area contributed by atoms with Gasteiger partial charge in [-0.3, -0.25) is 4.40 Å². The Morgan fingerprint density at radius 1 is 1.27 bits per heavy atom. The number of fused-ring (bicyclic) bond motifs is 2. The van der Waals surface area contributed by atoms with Gasteiger partial charge in [-0.15, -0.1) is 0 Å². The van der Waals surface area contributed by atoms with E-state index in [2.05, 4.69) is 15.0 Å². The van der Waals surface area contributed by atoms with Crippen molar-refractivity contribution in [2.24, 2.45) is 0 Å². The molecule has 0 aliphatic heterocycles. The van der Waals surface area contributed by atoms with E-state index in [4.69, 9.17) is 4.42 Å². The van der Waals surface area contributed by atoms with E-state index in [1.54, 1.807) is 4.40 Å². The number of imidazole rings is 1. The predicted octanol–water partition coefficient (Wildman–Crippen LogP) is 2.54. The summed E-state index contributed by atoms with van der Waals surface area (Å²) in [4.78, 5) is 23.7. The lowest BCUT2D eigenvalue weighted by atomic mass is 10.1. The third kappa shape index (κ3) is 1.76. The molecule has 22 heavy (non-hydrogen) atoms. The highest BCUT2D eigenvalue weighted by molar-refractivity contribution is 5.92. The minimum Gasteiger partial charge on any atom is -0.476 e. The van der Waals surface area contributed by atoms with Gasteiger partial charge in [-0.25, -0.2) is 19.7 Å². The number of hydrogen-bond donors (Lipinski definition) is 1. The van der Waals surface area contributed by atoms with Gasteiger partial charge in [-0.2, -0.15) is 0 Å². The minimum absolute atomic E-state index is 0.0625. The van der Waals surface area contributed by atoms with Gasteiger partial charge in [0.05, 0.1) is 5.69 Å². The van der Waals surface area contributed by atoms with Crippen molar-refractivity contribution in [1.29, 1.82) is 0 Å². The van der Waals surface area contributed by atoms with E-state index < -0.39 is 5.97 Å². The maximum absolute atomic E-state index is 11.2. The van der Waals surface area contributed by atoms with Crippen molar-refractivity contribution in [3.63, 3.8) is 0 Å². The van der Waals surface area contributed by atoms with Gasteiger partial charge in [0.2, 0.25) is 0 Å². The number of aryl methyl sites for hydroxylation is 1. The molecule has 0 saturated heterocycles. The number of nitrogens with zero attached hydrogens (tertiary/aromatic N) is 4. The van der Waals surface area contributed by atoms with Crippen LogP contribution in [-0.2, 0) is 0 Å². The molecule has 0 atom stereocenters. The second-order valence-electron chi connectivity index (χ2n) is 4.91. The van der Waals surface area contributed by atoms with Crippen molar-refractivity contribution in [2.75, 3.05) is 0 Å². The van der Waals surface area contributed by atoms with Crippen LogP contribution in [0.1, 0.15) is 16.2 Å². The summed E-state index contributed by atoms with van der Waals surface area (Å²) in [5.41, 5.74) is 4.03. The zero-order chi connectivity index (χ0) is 15.3. The fourth-order valence-corrected chi connectivity index (χ4v) is 2.44. The number of carbonyl (C=O) groups is 1. The SMILES string of the molecule is Cc1cc(-c2ccc3ocnc3c2)nc2c(C(=O)O)ncn12. The Morgan fingerprint density at radius 2 is 2.14 bits per heavy atom. The normalized spacial score (nSPS) is 11.3. The van der Waals surface area contributed by atoms with Crippen LogP contribution in [0, 0.1) is 6.92 Å². The minimum atomic E-state index is -1.10. The van der Waals surface area contributed by atoms with E-state index >= 15 is 0 Å². The van der Waals surface area contributed by atoms with Crippen molar-refractivity contribution in [3.8, 4) is 11.3 Å². The largest absolute Gasteiger partial charge is 0.476 e.